The van der Waals surface area contributed by atoms with Crippen LogP contribution in [0, 0.1) is 0 Å². The standard InChI is InChI=1S/C17H16F3N3O3/c1-25-14-3-2-11(9-22-14)16(24)23-7-5-13(10-23)26-15-8-12(4-6-21-15)17(18,19)20/h2-4,6,8-9,13H,5,7,10H2,1H3. The third-order valence-corrected chi connectivity index (χ3v) is 3.97. The fraction of sp³-hybridized carbons (Fsp3) is 0.353. The minimum Gasteiger partial charge on any atom is -0.481 e. The van der Waals surface area contributed by atoms with E-state index in [1.54, 1.807) is 17.0 Å². The van der Waals surface area contributed by atoms with Gasteiger partial charge in [0.05, 0.1) is 24.8 Å². The summed E-state index contributed by atoms with van der Waals surface area (Å²) in [7, 11) is 1.48. The normalized spacial score (nSPS) is 17.2. The van der Waals surface area contributed by atoms with Gasteiger partial charge in [0.25, 0.3) is 5.91 Å². The highest BCUT2D eigenvalue weighted by Crippen LogP contribution is 2.31. The van der Waals surface area contributed by atoms with Gasteiger partial charge in [0.2, 0.25) is 11.8 Å². The molecule has 3 heterocycles. The SMILES string of the molecule is COc1ccc(C(=O)N2CCC(Oc3cc(C(F)(F)F)ccn3)C2)cn1. The van der Waals surface area contributed by atoms with E-state index in [0.717, 1.165) is 18.3 Å². The van der Waals surface area contributed by atoms with E-state index in [0.29, 0.717) is 24.4 Å². The summed E-state index contributed by atoms with van der Waals surface area (Å²) in [5.41, 5.74) is -0.415. The monoisotopic (exact) mass is 367 g/mol. The Morgan fingerprint density at radius 3 is 2.69 bits per heavy atom. The Morgan fingerprint density at radius 2 is 2.04 bits per heavy atom. The maximum absolute atomic E-state index is 12.7. The summed E-state index contributed by atoms with van der Waals surface area (Å²) >= 11 is 0. The van der Waals surface area contributed by atoms with Crippen LogP contribution in [0.4, 0.5) is 13.2 Å². The van der Waals surface area contributed by atoms with Crippen LogP contribution in [0.2, 0.25) is 0 Å². The molecule has 0 aromatic carbocycles. The number of nitrogens with zero attached hydrogens (tertiary/aromatic N) is 3. The van der Waals surface area contributed by atoms with Gasteiger partial charge in [0.15, 0.2) is 0 Å². The van der Waals surface area contributed by atoms with Crippen molar-refractivity contribution in [2.45, 2.75) is 18.7 Å². The Kier molecular flexibility index (Phi) is 4.97. The first-order chi connectivity index (χ1) is 12.4. The number of likely N-dealkylation sites (tertiary alicyclic amines) is 1. The molecule has 1 atom stereocenters. The van der Waals surface area contributed by atoms with Crippen LogP contribution in [0.5, 0.6) is 11.8 Å². The lowest BCUT2D eigenvalue weighted by molar-refractivity contribution is -0.137. The number of aromatic nitrogens is 2. The van der Waals surface area contributed by atoms with E-state index in [2.05, 4.69) is 9.97 Å². The van der Waals surface area contributed by atoms with Crippen LogP contribution in [-0.4, -0.2) is 47.1 Å². The van der Waals surface area contributed by atoms with Gasteiger partial charge in [-0.3, -0.25) is 4.79 Å². The molecule has 1 fully saturated rings. The Bertz CT molecular complexity index is 781. The van der Waals surface area contributed by atoms with Crippen molar-refractivity contribution in [1.29, 1.82) is 0 Å². The number of hydrogen-bond acceptors (Lipinski definition) is 5. The second-order valence-electron chi connectivity index (χ2n) is 5.75. The summed E-state index contributed by atoms with van der Waals surface area (Å²) in [6.07, 6.45) is -1.89. The van der Waals surface area contributed by atoms with Gasteiger partial charge in [-0.1, -0.05) is 0 Å². The van der Waals surface area contributed by atoms with Gasteiger partial charge in [-0.05, 0) is 12.1 Å². The molecule has 9 heteroatoms. The molecule has 3 rings (SSSR count). The van der Waals surface area contributed by atoms with Gasteiger partial charge in [0.1, 0.15) is 6.10 Å². The molecule has 1 amide bonds. The molecule has 0 saturated carbocycles. The number of alkyl halides is 3. The highest BCUT2D eigenvalue weighted by molar-refractivity contribution is 5.94. The Morgan fingerprint density at radius 1 is 1.23 bits per heavy atom. The molecule has 6 nitrogen and oxygen atoms in total. The number of hydrogen-bond donors (Lipinski definition) is 0. The number of rotatable bonds is 4. The largest absolute Gasteiger partial charge is 0.481 e. The number of carbonyl (C=O) groups excluding carboxylic acids is 1. The zero-order valence-corrected chi connectivity index (χ0v) is 13.9. The van der Waals surface area contributed by atoms with Crippen molar-refractivity contribution in [1.82, 2.24) is 14.9 Å². The van der Waals surface area contributed by atoms with Gasteiger partial charge in [-0.15, -0.1) is 0 Å². The molecule has 0 N–H and O–H groups in total. The van der Waals surface area contributed by atoms with Gasteiger partial charge >= 0.3 is 6.18 Å². The quantitative estimate of drug-likeness (QED) is 0.832. The molecule has 138 valence electrons. The molecule has 0 radical (unpaired) electrons. The number of ether oxygens (including phenoxy) is 2. The molecule has 1 aliphatic rings. The number of methoxy groups -OCH3 is 1. The number of halogens is 3. The first-order valence-corrected chi connectivity index (χ1v) is 7.86. The lowest BCUT2D eigenvalue weighted by atomic mass is 10.2. The van der Waals surface area contributed by atoms with Gasteiger partial charge in [0, 0.05) is 37.5 Å². The van der Waals surface area contributed by atoms with Crippen molar-refractivity contribution in [3.8, 4) is 11.8 Å². The Hall–Kier alpha value is -2.84. The third kappa shape index (κ3) is 4.04. The summed E-state index contributed by atoms with van der Waals surface area (Å²) in [5.74, 6) is 0.0771. The summed E-state index contributed by atoms with van der Waals surface area (Å²) in [6, 6.07) is 4.94. The molecular weight excluding hydrogens is 351 g/mol. The predicted molar refractivity (Wildman–Crippen MR) is 85.0 cm³/mol. The fourth-order valence-corrected chi connectivity index (χ4v) is 2.64. The van der Waals surface area contributed by atoms with E-state index < -0.39 is 17.8 Å². The van der Waals surface area contributed by atoms with E-state index in [-0.39, 0.29) is 18.3 Å². The molecule has 0 spiro atoms. The zero-order valence-electron chi connectivity index (χ0n) is 13.9. The van der Waals surface area contributed by atoms with Crippen molar-refractivity contribution in [2.75, 3.05) is 20.2 Å². The van der Waals surface area contributed by atoms with Crippen LogP contribution in [0.25, 0.3) is 0 Å². The smallest absolute Gasteiger partial charge is 0.416 e. The van der Waals surface area contributed by atoms with E-state index in [4.69, 9.17) is 9.47 Å². The topological polar surface area (TPSA) is 64.5 Å². The van der Waals surface area contributed by atoms with Crippen LogP contribution in [0.3, 0.4) is 0 Å². The van der Waals surface area contributed by atoms with Gasteiger partial charge in [-0.25, -0.2) is 9.97 Å². The molecule has 1 aliphatic heterocycles. The number of carbonyl (C=O) groups is 1. The molecular formula is C17H16F3N3O3. The molecule has 0 bridgehead atoms. The molecule has 1 saturated heterocycles. The first kappa shape index (κ1) is 18.0. The maximum Gasteiger partial charge on any atom is 0.416 e. The Labute approximate surface area is 147 Å². The average Bonchev–Trinajstić information content (AvgIpc) is 3.09. The highest BCUT2D eigenvalue weighted by atomic mass is 19.4. The highest BCUT2D eigenvalue weighted by Gasteiger charge is 2.32. The van der Waals surface area contributed by atoms with Crippen LogP contribution < -0.4 is 9.47 Å². The van der Waals surface area contributed by atoms with Crippen molar-refractivity contribution >= 4 is 5.91 Å². The van der Waals surface area contributed by atoms with Crippen LogP contribution in [0.15, 0.2) is 36.7 Å². The van der Waals surface area contributed by atoms with Crippen molar-refractivity contribution in [3.05, 3.63) is 47.8 Å². The predicted octanol–water partition coefficient (Wildman–Crippen LogP) is 2.80. The van der Waals surface area contributed by atoms with Crippen molar-refractivity contribution in [3.63, 3.8) is 0 Å². The third-order valence-electron chi connectivity index (χ3n) is 3.97. The summed E-state index contributed by atoms with van der Waals surface area (Å²) in [4.78, 5) is 21.8. The number of pyridine rings is 2. The summed E-state index contributed by atoms with van der Waals surface area (Å²) < 4.78 is 48.7. The van der Waals surface area contributed by atoms with Crippen LogP contribution in [-0.2, 0) is 6.18 Å². The molecule has 26 heavy (non-hydrogen) atoms. The lowest BCUT2D eigenvalue weighted by Crippen LogP contribution is -2.31. The van der Waals surface area contributed by atoms with Crippen LogP contribution >= 0.6 is 0 Å². The number of amides is 1. The van der Waals surface area contributed by atoms with Crippen LogP contribution in [0.1, 0.15) is 22.3 Å². The summed E-state index contributed by atoms with van der Waals surface area (Å²) in [5, 5.41) is 0. The van der Waals surface area contributed by atoms with E-state index in [1.165, 1.54) is 13.3 Å². The lowest BCUT2D eigenvalue weighted by Gasteiger charge is -2.17. The zero-order chi connectivity index (χ0) is 18.7. The van der Waals surface area contributed by atoms with E-state index >= 15 is 0 Å². The van der Waals surface area contributed by atoms with E-state index in [1.807, 2.05) is 0 Å². The fourth-order valence-electron chi connectivity index (χ4n) is 2.64. The first-order valence-electron chi connectivity index (χ1n) is 7.86. The van der Waals surface area contributed by atoms with Gasteiger partial charge in [-0.2, -0.15) is 13.2 Å². The average molecular weight is 367 g/mol. The minimum atomic E-state index is -4.46. The molecule has 2 aromatic rings. The van der Waals surface area contributed by atoms with Crippen molar-refractivity contribution in [2.24, 2.45) is 0 Å². The van der Waals surface area contributed by atoms with Crippen molar-refractivity contribution < 1.29 is 27.4 Å². The van der Waals surface area contributed by atoms with E-state index in [9.17, 15) is 18.0 Å². The molecule has 1 unspecified atom stereocenters. The molecule has 0 aliphatic carbocycles. The minimum absolute atomic E-state index is 0.106. The summed E-state index contributed by atoms with van der Waals surface area (Å²) in [6.45, 7) is 0.706. The second kappa shape index (κ2) is 7.19. The van der Waals surface area contributed by atoms with Gasteiger partial charge < -0.3 is 14.4 Å². The second-order valence-corrected chi connectivity index (χ2v) is 5.75. The molecule has 2 aromatic heterocycles. The maximum atomic E-state index is 12.7. The Balaban J connectivity index is 1.62.